The molecule has 2 aromatic carbocycles. The van der Waals surface area contributed by atoms with Gasteiger partial charge in [-0.3, -0.25) is 14.4 Å². The average Bonchev–Trinajstić information content (AvgIpc) is 2.62. The van der Waals surface area contributed by atoms with E-state index in [0.29, 0.717) is 22.5 Å². The van der Waals surface area contributed by atoms with Crippen LogP contribution in [0, 0.1) is 11.3 Å². The van der Waals surface area contributed by atoms with Gasteiger partial charge in [-0.1, -0.05) is 24.3 Å². The maximum atomic E-state index is 12.2. The van der Waals surface area contributed by atoms with E-state index < -0.39 is 0 Å². The lowest BCUT2D eigenvalue weighted by molar-refractivity contribution is -0.117. The molecular formula is C20H19N3O3. The van der Waals surface area contributed by atoms with E-state index >= 15 is 0 Å². The fourth-order valence-corrected chi connectivity index (χ4v) is 2.48. The number of carbonyl (C=O) groups excluding carboxylic acids is 3. The van der Waals surface area contributed by atoms with Gasteiger partial charge in [-0.05, 0) is 31.2 Å². The molecule has 0 aliphatic carbocycles. The van der Waals surface area contributed by atoms with Gasteiger partial charge in [0.15, 0.2) is 5.78 Å². The van der Waals surface area contributed by atoms with E-state index in [1.807, 2.05) is 6.07 Å². The van der Waals surface area contributed by atoms with Crippen molar-refractivity contribution in [3.05, 3.63) is 59.7 Å². The number of amides is 2. The van der Waals surface area contributed by atoms with Crippen LogP contribution in [-0.4, -0.2) is 24.1 Å². The number of anilines is 2. The van der Waals surface area contributed by atoms with E-state index in [0.717, 1.165) is 0 Å². The predicted octanol–water partition coefficient (Wildman–Crippen LogP) is 3.14. The zero-order chi connectivity index (χ0) is 19.1. The highest BCUT2D eigenvalue weighted by Gasteiger charge is 2.15. The van der Waals surface area contributed by atoms with E-state index in [-0.39, 0.29) is 30.6 Å². The van der Waals surface area contributed by atoms with Crippen molar-refractivity contribution in [2.45, 2.75) is 20.3 Å². The highest BCUT2D eigenvalue weighted by Crippen LogP contribution is 2.18. The smallest absolute Gasteiger partial charge is 0.226 e. The molecule has 132 valence electrons. The van der Waals surface area contributed by atoms with Crippen molar-refractivity contribution in [1.82, 2.24) is 0 Å². The minimum atomic E-state index is -0.304. The molecule has 0 aromatic heterocycles. The summed E-state index contributed by atoms with van der Waals surface area (Å²) >= 11 is 0. The first kappa shape index (κ1) is 18.9. The fourth-order valence-electron chi connectivity index (χ4n) is 2.48. The van der Waals surface area contributed by atoms with E-state index in [9.17, 15) is 14.4 Å². The van der Waals surface area contributed by atoms with Crippen LogP contribution in [0.2, 0.25) is 0 Å². The van der Waals surface area contributed by atoms with E-state index in [2.05, 4.69) is 5.32 Å². The molecule has 2 rings (SSSR count). The van der Waals surface area contributed by atoms with Gasteiger partial charge in [0.05, 0.1) is 11.3 Å². The standard InChI is InChI=1S/C20H19N3O3/c1-14(24)16-7-5-8-18(12-16)23(15(2)25)11-10-20(26)22-19-9-4-3-6-17(19)13-21/h3-9,12H,10-11H2,1-2H3,(H,22,26). The Morgan fingerprint density at radius 1 is 1.08 bits per heavy atom. The zero-order valence-corrected chi connectivity index (χ0v) is 14.7. The van der Waals surface area contributed by atoms with Gasteiger partial charge in [0.25, 0.3) is 0 Å². The molecule has 0 saturated heterocycles. The maximum Gasteiger partial charge on any atom is 0.226 e. The molecule has 6 heteroatoms. The molecule has 0 fully saturated rings. The summed E-state index contributed by atoms with van der Waals surface area (Å²) in [6.45, 7) is 3.03. The number of nitrogens with one attached hydrogen (secondary N) is 1. The molecule has 0 bridgehead atoms. The Bertz CT molecular complexity index is 884. The Kier molecular flexibility index (Phi) is 6.23. The Balaban J connectivity index is 2.08. The number of nitrogens with zero attached hydrogens (tertiary/aromatic N) is 2. The van der Waals surface area contributed by atoms with Crippen LogP contribution in [0.15, 0.2) is 48.5 Å². The van der Waals surface area contributed by atoms with Gasteiger partial charge < -0.3 is 10.2 Å². The van der Waals surface area contributed by atoms with Crippen molar-refractivity contribution >= 4 is 29.0 Å². The summed E-state index contributed by atoms with van der Waals surface area (Å²) in [5.41, 5.74) is 1.88. The first-order valence-electron chi connectivity index (χ1n) is 8.10. The number of nitriles is 1. The third kappa shape index (κ3) is 4.77. The molecule has 0 heterocycles. The first-order chi connectivity index (χ1) is 12.4. The minimum Gasteiger partial charge on any atom is -0.325 e. The van der Waals surface area contributed by atoms with Crippen LogP contribution in [-0.2, 0) is 9.59 Å². The average molecular weight is 349 g/mol. The highest BCUT2D eigenvalue weighted by molar-refractivity contribution is 5.98. The van der Waals surface area contributed by atoms with Crippen LogP contribution in [0.5, 0.6) is 0 Å². The second-order valence-electron chi connectivity index (χ2n) is 5.73. The van der Waals surface area contributed by atoms with Crippen molar-refractivity contribution in [2.75, 3.05) is 16.8 Å². The van der Waals surface area contributed by atoms with Gasteiger partial charge in [0.1, 0.15) is 6.07 Å². The molecule has 0 atom stereocenters. The van der Waals surface area contributed by atoms with Crippen LogP contribution in [0.25, 0.3) is 0 Å². The van der Waals surface area contributed by atoms with Crippen LogP contribution in [0.1, 0.15) is 36.2 Å². The molecular weight excluding hydrogens is 330 g/mol. The van der Waals surface area contributed by atoms with Crippen molar-refractivity contribution in [3.8, 4) is 6.07 Å². The minimum absolute atomic E-state index is 0.0592. The lowest BCUT2D eigenvalue weighted by Crippen LogP contribution is -2.32. The summed E-state index contributed by atoms with van der Waals surface area (Å²) in [5, 5.41) is 11.7. The molecule has 0 aliphatic heterocycles. The lowest BCUT2D eigenvalue weighted by Gasteiger charge is -2.21. The summed E-state index contributed by atoms with van der Waals surface area (Å²) in [5.74, 6) is -0.626. The number of hydrogen-bond donors (Lipinski definition) is 1. The quantitative estimate of drug-likeness (QED) is 0.811. The van der Waals surface area contributed by atoms with Crippen LogP contribution in [0.3, 0.4) is 0 Å². The van der Waals surface area contributed by atoms with Gasteiger partial charge in [-0.25, -0.2) is 0 Å². The van der Waals surface area contributed by atoms with E-state index in [1.54, 1.807) is 48.5 Å². The number of carbonyl (C=O) groups is 3. The molecule has 1 N–H and O–H groups in total. The van der Waals surface area contributed by atoms with Gasteiger partial charge >= 0.3 is 0 Å². The maximum absolute atomic E-state index is 12.2. The zero-order valence-electron chi connectivity index (χ0n) is 14.7. The summed E-state index contributed by atoms with van der Waals surface area (Å²) in [7, 11) is 0. The number of hydrogen-bond acceptors (Lipinski definition) is 4. The second kappa shape index (κ2) is 8.58. The van der Waals surface area contributed by atoms with Crippen molar-refractivity contribution in [3.63, 3.8) is 0 Å². The highest BCUT2D eigenvalue weighted by atomic mass is 16.2. The monoisotopic (exact) mass is 349 g/mol. The molecule has 0 saturated carbocycles. The summed E-state index contributed by atoms with van der Waals surface area (Å²) in [4.78, 5) is 37.1. The molecule has 26 heavy (non-hydrogen) atoms. The number of ketones is 1. The number of rotatable bonds is 6. The van der Waals surface area contributed by atoms with E-state index in [1.165, 1.54) is 18.7 Å². The fraction of sp³-hybridized carbons (Fsp3) is 0.200. The molecule has 2 amide bonds. The Labute approximate surface area is 152 Å². The third-order valence-corrected chi connectivity index (χ3v) is 3.83. The van der Waals surface area contributed by atoms with Gasteiger partial charge in [0.2, 0.25) is 11.8 Å². The number of para-hydroxylation sites is 1. The van der Waals surface area contributed by atoms with Crippen molar-refractivity contribution in [2.24, 2.45) is 0 Å². The van der Waals surface area contributed by atoms with Crippen molar-refractivity contribution in [1.29, 1.82) is 5.26 Å². The Hall–Kier alpha value is -3.46. The normalized spacial score (nSPS) is 9.88. The van der Waals surface area contributed by atoms with Crippen LogP contribution in [0.4, 0.5) is 11.4 Å². The summed E-state index contributed by atoms with van der Waals surface area (Å²) < 4.78 is 0. The van der Waals surface area contributed by atoms with Crippen molar-refractivity contribution < 1.29 is 14.4 Å². The predicted molar refractivity (Wildman–Crippen MR) is 98.9 cm³/mol. The first-order valence-corrected chi connectivity index (χ1v) is 8.10. The lowest BCUT2D eigenvalue weighted by atomic mass is 10.1. The largest absolute Gasteiger partial charge is 0.325 e. The summed E-state index contributed by atoms with van der Waals surface area (Å²) in [6.07, 6.45) is 0.0592. The molecule has 6 nitrogen and oxygen atoms in total. The SMILES string of the molecule is CC(=O)c1cccc(N(CCC(=O)Nc2ccccc2C#N)C(C)=O)c1. The number of benzene rings is 2. The van der Waals surface area contributed by atoms with Crippen LogP contribution >= 0.6 is 0 Å². The van der Waals surface area contributed by atoms with Gasteiger partial charge in [-0.2, -0.15) is 5.26 Å². The van der Waals surface area contributed by atoms with Gasteiger partial charge in [0, 0.05) is 31.1 Å². The molecule has 0 radical (unpaired) electrons. The molecule has 0 aliphatic rings. The third-order valence-electron chi connectivity index (χ3n) is 3.83. The van der Waals surface area contributed by atoms with Crippen LogP contribution < -0.4 is 10.2 Å². The van der Waals surface area contributed by atoms with E-state index in [4.69, 9.17) is 5.26 Å². The molecule has 2 aromatic rings. The topological polar surface area (TPSA) is 90.3 Å². The molecule has 0 unspecified atom stereocenters. The van der Waals surface area contributed by atoms with Gasteiger partial charge in [-0.15, -0.1) is 0 Å². The molecule has 0 spiro atoms. The Morgan fingerprint density at radius 3 is 2.46 bits per heavy atom. The Morgan fingerprint density at radius 2 is 1.81 bits per heavy atom. The summed E-state index contributed by atoms with van der Waals surface area (Å²) in [6, 6.07) is 15.4. The number of Topliss-reactive ketones (excluding diaryl/α,β-unsaturated/α-hetero) is 1. The second-order valence-corrected chi connectivity index (χ2v) is 5.73.